The molecule has 5 N–H and O–H groups in total. The third kappa shape index (κ3) is 4.70. The topological polar surface area (TPSA) is 151 Å². The molecule has 3 heterocycles. The minimum atomic E-state index is -0.759. The number of amides is 1. The molecule has 2 aromatic carbocycles. The lowest BCUT2D eigenvalue weighted by Gasteiger charge is -2.28. The zero-order chi connectivity index (χ0) is 26.1. The van der Waals surface area contributed by atoms with Gasteiger partial charge >= 0.3 is 0 Å². The number of benzene rings is 2. The first kappa shape index (κ1) is 24.6. The zero-order valence-corrected chi connectivity index (χ0v) is 20.2. The van der Waals surface area contributed by atoms with E-state index in [1.807, 2.05) is 28.9 Å². The van der Waals surface area contributed by atoms with Gasteiger partial charge in [-0.2, -0.15) is 5.10 Å². The molecule has 0 aliphatic carbocycles. The molecule has 0 saturated carbocycles. The van der Waals surface area contributed by atoms with Crippen LogP contribution in [0.25, 0.3) is 22.3 Å². The SMILES string of the molecule is COc1c(Cc2ccc(-c3nn(C4CCC(CO)OC4)c4ncnc(N)c34)cc2)cc(F)cc1C(N)=O. The van der Waals surface area contributed by atoms with E-state index in [2.05, 4.69) is 9.97 Å². The Bertz CT molecular complexity index is 1450. The molecule has 4 aromatic rings. The molecule has 2 atom stereocenters. The maximum atomic E-state index is 14.2. The summed E-state index contributed by atoms with van der Waals surface area (Å²) >= 11 is 0. The quantitative estimate of drug-likeness (QED) is 0.346. The van der Waals surface area contributed by atoms with E-state index in [4.69, 9.17) is 26.0 Å². The second kappa shape index (κ2) is 10.1. The molecular weight excluding hydrogens is 479 g/mol. The molecule has 1 aliphatic heterocycles. The predicted octanol–water partition coefficient (Wildman–Crippen LogP) is 2.63. The van der Waals surface area contributed by atoms with Crippen LogP contribution in [-0.2, 0) is 11.2 Å². The maximum Gasteiger partial charge on any atom is 0.252 e. The number of hydrogen-bond donors (Lipinski definition) is 3. The number of ether oxygens (including phenoxy) is 2. The summed E-state index contributed by atoms with van der Waals surface area (Å²) in [7, 11) is 1.42. The van der Waals surface area contributed by atoms with Crippen molar-refractivity contribution in [1.82, 2.24) is 19.7 Å². The number of hydrogen-bond acceptors (Lipinski definition) is 8. The van der Waals surface area contributed by atoms with Crippen molar-refractivity contribution in [3.8, 4) is 17.0 Å². The van der Waals surface area contributed by atoms with Crippen LogP contribution >= 0.6 is 0 Å². The average molecular weight is 507 g/mol. The number of aliphatic hydroxyl groups is 1. The molecule has 1 aliphatic rings. The monoisotopic (exact) mass is 506 g/mol. The van der Waals surface area contributed by atoms with Crippen LogP contribution in [0.3, 0.4) is 0 Å². The summed E-state index contributed by atoms with van der Waals surface area (Å²) in [5, 5.41) is 14.9. The minimum Gasteiger partial charge on any atom is -0.496 e. The number of aliphatic hydroxyl groups excluding tert-OH is 1. The second-order valence-electron chi connectivity index (χ2n) is 9.00. The van der Waals surface area contributed by atoms with Gasteiger partial charge in [0, 0.05) is 17.5 Å². The summed E-state index contributed by atoms with van der Waals surface area (Å²) in [6.07, 6.45) is 3.07. The summed E-state index contributed by atoms with van der Waals surface area (Å²) in [4.78, 5) is 20.4. The second-order valence-corrected chi connectivity index (χ2v) is 9.00. The van der Waals surface area contributed by atoms with Crippen LogP contribution in [0.4, 0.5) is 10.2 Å². The van der Waals surface area contributed by atoms with Crippen LogP contribution in [0, 0.1) is 5.82 Å². The first-order chi connectivity index (χ1) is 17.9. The summed E-state index contributed by atoms with van der Waals surface area (Å²) in [5.41, 5.74) is 15.1. The lowest BCUT2D eigenvalue weighted by atomic mass is 9.99. The van der Waals surface area contributed by atoms with Crippen LogP contribution < -0.4 is 16.2 Å². The lowest BCUT2D eigenvalue weighted by Crippen LogP contribution is -2.30. The van der Waals surface area contributed by atoms with Gasteiger partial charge in [-0.1, -0.05) is 24.3 Å². The number of nitrogens with two attached hydrogens (primary N) is 2. The van der Waals surface area contributed by atoms with E-state index < -0.39 is 11.7 Å². The van der Waals surface area contributed by atoms with Crippen molar-refractivity contribution in [3.63, 3.8) is 0 Å². The van der Waals surface area contributed by atoms with Crippen molar-refractivity contribution in [2.24, 2.45) is 5.73 Å². The number of anilines is 1. The highest BCUT2D eigenvalue weighted by atomic mass is 19.1. The van der Waals surface area contributed by atoms with Crippen LogP contribution in [-0.4, -0.2) is 57.2 Å². The Morgan fingerprint density at radius 3 is 2.68 bits per heavy atom. The first-order valence-electron chi connectivity index (χ1n) is 11.9. The van der Waals surface area contributed by atoms with Crippen LogP contribution in [0.15, 0.2) is 42.7 Å². The minimum absolute atomic E-state index is 0.00129. The van der Waals surface area contributed by atoms with Gasteiger partial charge in [0.2, 0.25) is 0 Å². The van der Waals surface area contributed by atoms with Gasteiger partial charge in [-0.05, 0) is 30.5 Å². The average Bonchev–Trinajstić information content (AvgIpc) is 3.30. The molecule has 0 radical (unpaired) electrons. The van der Waals surface area contributed by atoms with Gasteiger partial charge in [-0.15, -0.1) is 0 Å². The number of nitrogen functional groups attached to an aromatic ring is 1. The van der Waals surface area contributed by atoms with Crippen LogP contribution in [0.2, 0.25) is 0 Å². The number of carbonyl (C=O) groups excluding carboxylic acids is 1. The standard InChI is InChI=1S/C26H27FN6O4/c1-36-23-16(9-17(27)10-20(23)25(29)35)8-14-2-4-15(5-3-14)22-21-24(28)30-13-31-26(21)33(32-22)18-6-7-19(11-34)37-12-18/h2-5,9-10,13,18-19,34H,6-8,11-12H2,1H3,(H2,29,35)(H2,28,30,31). The lowest BCUT2D eigenvalue weighted by molar-refractivity contribution is -0.0403. The number of carbonyl (C=O) groups is 1. The molecule has 37 heavy (non-hydrogen) atoms. The fourth-order valence-electron chi connectivity index (χ4n) is 4.79. The predicted molar refractivity (Wildman–Crippen MR) is 135 cm³/mol. The first-order valence-corrected chi connectivity index (χ1v) is 11.9. The number of fused-ring (bicyclic) bond motifs is 1. The summed E-state index contributed by atoms with van der Waals surface area (Å²) < 4.78 is 27.1. The molecule has 1 saturated heterocycles. The Hall–Kier alpha value is -4.09. The Kier molecular flexibility index (Phi) is 6.72. The third-order valence-corrected chi connectivity index (χ3v) is 6.64. The maximum absolute atomic E-state index is 14.2. The van der Waals surface area contributed by atoms with E-state index >= 15 is 0 Å². The molecule has 0 spiro atoms. The van der Waals surface area contributed by atoms with Crippen molar-refractivity contribution in [2.75, 3.05) is 26.1 Å². The molecule has 1 fully saturated rings. The van der Waals surface area contributed by atoms with Gasteiger partial charge in [-0.3, -0.25) is 4.79 Å². The Morgan fingerprint density at radius 2 is 2.03 bits per heavy atom. The van der Waals surface area contributed by atoms with Gasteiger partial charge in [0.15, 0.2) is 5.65 Å². The molecule has 192 valence electrons. The number of primary amides is 1. The summed E-state index contributed by atoms with van der Waals surface area (Å²) in [6.45, 7) is 0.400. The van der Waals surface area contributed by atoms with E-state index in [1.54, 1.807) is 0 Å². The fraction of sp³-hybridized carbons (Fsp3) is 0.308. The van der Waals surface area contributed by atoms with E-state index in [0.717, 1.165) is 23.6 Å². The largest absolute Gasteiger partial charge is 0.496 e. The highest BCUT2D eigenvalue weighted by Crippen LogP contribution is 2.35. The Balaban J connectivity index is 1.48. The molecule has 10 nitrogen and oxygen atoms in total. The van der Waals surface area contributed by atoms with E-state index in [0.29, 0.717) is 47.6 Å². The summed E-state index contributed by atoms with van der Waals surface area (Å²) in [5.74, 6) is -0.745. The molecule has 5 rings (SSSR count). The van der Waals surface area contributed by atoms with Gasteiger partial charge < -0.3 is 26.0 Å². The van der Waals surface area contributed by atoms with Crippen molar-refractivity contribution in [2.45, 2.75) is 31.4 Å². The fourth-order valence-corrected chi connectivity index (χ4v) is 4.79. The van der Waals surface area contributed by atoms with Crippen molar-refractivity contribution in [1.29, 1.82) is 0 Å². The van der Waals surface area contributed by atoms with Crippen LogP contribution in [0.5, 0.6) is 5.75 Å². The van der Waals surface area contributed by atoms with Gasteiger partial charge in [0.05, 0.1) is 43.4 Å². The number of rotatable bonds is 7. The van der Waals surface area contributed by atoms with Crippen molar-refractivity contribution in [3.05, 3.63) is 65.2 Å². The number of methoxy groups -OCH3 is 1. The molecule has 1 amide bonds. The highest BCUT2D eigenvalue weighted by Gasteiger charge is 2.27. The van der Waals surface area contributed by atoms with Gasteiger partial charge in [0.25, 0.3) is 5.91 Å². The molecule has 11 heteroatoms. The number of aromatic nitrogens is 4. The molecule has 2 unspecified atom stereocenters. The zero-order valence-electron chi connectivity index (χ0n) is 20.2. The van der Waals surface area contributed by atoms with E-state index in [-0.39, 0.29) is 30.1 Å². The number of halogens is 1. The number of nitrogens with zero attached hydrogens (tertiary/aromatic N) is 4. The van der Waals surface area contributed by atoms with Gasteiger partial charge in [0.1, 0.15) is 29.4 Å². The molecular formula is C26H27FN6O4. The summed E-state index contributed by atoms with van der Waals surface area (Å²) in [6, 6.07) is 9.94. The van der Waals surface area contributed by atoms with Crippen molar-refractivity contribution >= 4 is 22.8 Å². The molecule has 0 bridgehead atoms. The van der Waals surface area contributed by atoms with Crippen LogP contribution in [0.1, 0.15) is 40.4 Å². The Morgan fingerprint density at radius 1 is 1.24 bits per heavy atom. The van der Waals surface area contributed by atoms with Gasteiger partial charge in [-0.25, -0.2) is 19.0 Å². The smallest absolute Gasteiger partial charge is 0.252 e. The van der Waals surface area contributed by atoms with E-state index in [9.17, 15) is 14.3 Å². The normalized spacial score (nSPS) is 17.7. The van der Waals surface area contributed by atoms with Crippen molar-refractivity contribution < 1.29 is 23.8 Å². The Labute approximate surface area is 212 Å². The molecule has 2 aromatic heterocycles. The third-order valence-electron chi connectivity index (χ3n) is 6.64. The van der Waals surface area contributed by atoms with E-state index in [1.165, 1.54) is 19.5 Å². The highest BCUT2D eigenvalue weighted by molar-refractivity contribution is 5.98.